The molecule has 0 N–H and O–H groups in total. The van der Waals surface area contributed by atoms with Gasteiger partial charge in [0, 0.05) is 17.0 Å². The third-order valence-corrected chi connectivity index (χ3v) is 4.29. The molecular weight excluding hydrogens is 222 g/mol. The fraction of sp³-hybridized carbons (Fsp3) is 0.438. The highest BCUT2D eigenvalue weighted by Crippen LogP contribution is 2.33. The van der Waals surface area contributed by atoms with Gasteiger partial charge in [0.05, 0.1) is 5.52 Å². The number of rotatable bonds is 1. The predicted octanol–water partition coefficient (Wildman–Crippen LogP) is 3.87. The van der Waals surface area contributed by atoms with E-state index in [9.17, 15) is 4.79 Å². The Bertz CT molecular complexity index is 636. The second kappa shape index (κ2) is 3.98. The highest BCUT2D eigenvalue weighted by atomic mass is 16.2. The molecule has 2 nitrogen and oxygen atoms in total. The molecule has 0 saturated heterocycles. The third kappa shape index (κ3) is 1.45. The Balaban J connectivity index is 2.32. The third-order valence-electron chi connectivity index (χ3n) is 4.29. The van der Waals surface area contributed by atoms with Gasteiger partial charge in [-0.1, -0.05) is 19.1 Å². The van der Waals surface area contributed by atoms with Crippen molar-refractivity contribution in [2.24, 2.45) is 5.92 Å². The number of hydrogen-bond donors (Lipinski definition) is 0. The van der Waals surface area contributed by atoms with Gasteiger partial charge in [-0.05, 0) is 50.3 Å². The van der Waals surface area contributed by atoms with Crippen molar-refractivity contribution < 1.29 is 4.79 Å². The highest BCUT2D eigenvalue weighted by molar-refractivity contribution is 5.97. The zero-order valence-electron chi connectivity index (χ0n) is 11.3. The van der Waals surface area contributed by atoms with Crippen LogP contribution in [0.1, 0.15) is 41.4 Å². The van der Waals surface area contributed by atoms with Crippen molar-refractivity contribution in [2.75, 3.05) is 0 Å². The van der Waals surface area contributed by atoms with Gasteiger partial charge in [-0.2, -0.15) is 0 Å². The van der Waals surface area contributed by atoms with Gasteiger partial charge in [-0.15, -0.1) is 0 Å². The van der Waals surface area contributed by atoms with Gasteiger partial charge in [0.15, 0.2) is 0 Å². The summed E-state index contributed by atoms with van der Waals surface area (Å²) in [5.74, 6) is 0.496. The molecule has 94 valence electrons. The maximum absolute atomic E-state index is 12.5. The maximum atomic E-state index is 12.5. The Kier molecular flexibility index (Phi) is 2.54. The first-order valence-corrected chi connectivity index (χ1v) is 6.78. The van der Waals surface area contributed by atoms with E-state index in [0.717, 1.165) is 24.8 Å². The first-order chi connectivity index (χ1) is 8.63. The molecule has 1 aromatic heterocycles. The van der Waals surface area contributed by atoms with Gasteiger partial charge in [0.1, 0.15) is 0 Å². The summed E-state index contributed by atoms with van der Waals surface area (Å²) in [4.78, 5) is 12.5. The van der Waals surface area contributed by atoms with Crippen LogP contribution < -0.4 is 0 Å². The zero-order valence-corrected chi connectivity index (χ0v) is 11.3. The summed E-state index contributed by atoms with van der Waals surface area (Å²) in [5.41, 5.74) is 4.83. The summed E-state index contributed by atoms with van der Waals surface area (Å²) in [5, 5.41) is 1.24. The molecule has 3 rings (SSSR count). The van der Waals surface area contributed by atoms with Gasteiger partial charge in [0.25, 0.3) is 0 Å². The molecule has 2 heteroatoms. The molecule has 1 atom stereocenters. The van der Waals surface area contributed by atoms with Crippen LogP contribution >= 0.6 is 0 Å². The monoisotopic (exact) mass is 241 g/mol. The van der Waals surface area contributed by atoms with Crippen LogP contribution in [0.25, 0.3) is 10.9 Å². The summed E-state index contributed by atoms with van der Waals surface area (Å²) in [6, 6.07) is 6.42. The predicted molar refractivity (Wildman–Crippen MR) is 74.1 cm³/mol. The Morgan fingerprint density at radius 1 is 1.33 bits per heavy atom. The Hall–Kier alpha value is -1.57. The van der Waals surface area contributed by atoms with Crippen LogP contribution in [0.15, 0.2) is 18.2 Å². The number of benzene rings is 1. The van der Waals surface area contributed by atoms with Crippen LogP contribution in [0.3, 0.4) is 0 Å². The van der Waals surface area contributed by atoms with Crippen LogP contribution in [-0.4, -0.2) is 10.5 Å². The van der Waals surface area contributed by atoms with E-state index in [0.29, 0.717) is 5.91 Å². The molecule has 0 spiro atoms. The molecule has 2 aromatic rings. The van der Waals surface area contributed by atoms with E-state index in [2.05, 4.69) is 39.0 Å². The molecule has 0 saturated carbocycles. The summed E-state index contributed by atoms with van der Waals surface area (Å²) in [7, 11) is 0. The Labute approximate surface area is 108 Å². The van der Waals surface area contributed by atoms with E-state index in [4.69, 9.17) is 0 Å². The molecule has 0 fully saturated rings. The van der Waals surface area contributed by atoms with Crippen molar-refractivity contribution in [2.45, 2.75) is 40.0 Å². The Morgan fingerprint density at radius 3 is 2.83 bits per heavy atom. The van der Waals surface area contributed by atoms with Crippen molar-refractivity contribution >= 4 is 16.8 Å². The fourth-order valence-electron chi connectivity index (χ4n) is 3.16. The van der Waals surface area contributed by atoms with Gasteiger partial charge >= 0.3 is 0 Å². The van der Waals surface area contributed by atoms with E-state index in [1.165, 1.54) is 22.2 Å². The summed E-state index contributed by atoms with van der Waals surface area (Å²) in [6.45, 7) is 6.33. The lowest BCUT2D eigenvalue weighted by Gasteiger charge is -2.23. The van der Waals surface area contributed by atoms with Crippen LogP contribution in [0, 0.1) is 19.8 Å². The van der Waals surface area contributed by atoms with Gasteiger partial charge < -0.3 is 0 Å². The summed E-state index contributed by atoms with van der Waals surface area (Å²) < 4.78 is 1.98. The van der Waals surface area contributed by atoms with Crippen molar-refractivity contribution in [3.05, 3.63) is 35.0 Å². The summed E-state index contributed by atoms with van der Waals surface area (Å²) >= 11 is 0. The number of nitrogens with zero attached hydrogens (tertiary/aromatic N) is 1. The first kappa shape index (κ1) is 11.5. The number of aromatic nitrogens is 1. The minimum atomic E-state index is 0.202. The number of aryl methyl sites for hydroxylation is 2. The fourth-order valence-corrected chi connectivity index (χ4v) is 3.16. The van der Waals surface area contributed by atoms with Crippen LogP contribution in [-0.2, 0) is 6.42 Å². The van der Waals surface area contributed by atoms with Crippen LogP contribution in [0.4, 0.5) is 0 Å². The lowest BCUT2D eigenvalue weighted by Crippen LogP contribution is -2.28. The molecular formula is C16H19NO. The average Bonchev–Trinajstić information content (AvgIpc) is 2.64. The SMILES string of the molecule is CC[C@H]1CCc2c(C)c3ccc(C)cc3n2C1=O. The molecule has 0 unspecified atom stereocenters. The topological polar surface area (TPSA) is 22.0 Å². The number of hydrogen-bond acceptors (Lipinski definition) is 1. The lowest BCUT2D eigenvalue weighted by molar-refractivity contribution is 0.0806. The molecule has 1 aliphatic heterocycles. The van der Waals surface area contributed by atoms with Gasteiger partial charge in [0.2, 0.25) is 5.91 Å². The second-order valence-corrected chi connectivity index (χ2v) is 5.41. The van der Waals surface area contributed by atoms with E-state index >= 15 is 0 Å². The normalized spacial score (nSPS) is 19.3. The molecule has 1 aromatic carbocycles. The minimum Gasteiger partial charge on any atom is -0.284 e. The molecule has 0 bridgehead atoms. The minimum absolute atomic E-state index is 0.202. The van der Waals surface area contributed by atoms with Crippen molar-refractivity contribution in [3.8, 4) is 0 Å². The van der Waals surface area contributed by atoms with Gasteiger partial charge in [-0.25, -0.2) is 0 Å². The molecule has 0 radical (unpaired) electrons. The molecule has 0 aliphatic carbocycles. The molecule has 18 heavy (non-hydrogen) atoms. The van der Waals surface area contributed by atoms with Crippen molar-refractivity contribution in [1.29, 1.82) is 0 Å². The molecule has 1 aliphatic rings. The van der Waals surface area contributed by atoms with E-state index in [1.54, 1.807) is 0 Å². The summed E-state index contributed by atoms with van der Waals surface area (Å²) in [6.07, 6.45) is 2.98. The van der Waals surface area contributed by atoms with Crippen molar-refractivity contribution in [1.82, 2.24) is 4.57 Å². The zero-order chi connectivity index (χ0) is 12.9. The number of fused-ring (bicyclic) bond motifs is 3. The van der Waals surface area contributed by atoms with Gasteiger partial charge in [-0.3, -0.25) is 9.36 Å². The molecule has 2 heterocycles. The number of carbonyl (C=O) groups excluding carboxylic acids is 1. The maximum Gasteiger partial charge on any atom is 0.234 e. The number of carbonyl (C=O) groups is 1. The van der Waals surface area contributed by atoms with E-state index in [-0.39, 0.29) is 5.92 Å². The van der Waals surface area contributed by atoms with E-state index < -0.39 is 0 Å². The van der Waals surface area contributed by atoms with E-state index in [1.807, 2.05) is 4.57 Å². The smallest absolute Gasteiger partial charge is 0.234 e. The highest BCUT2D eigenvalue weighted by Gasteiger charge is 2.29. The lowest BCUT2D eigenvalue weighted by atomic mass is 9.94. The Morgan fingerprint density at radius 2 is 2.11 bits per heavy atom. The largest absolute Gasteiger partial charge is 0.284 e. The average molecular weight is 241 g/mol. The quantitative estimate of drug-likeness (QED) is 0.742. The molecule has 0 amide bonds. The van der Waals surface area contributed by atoms with Crippen LogP contribution in [0.2, 0.25) is 0 Å². The second-order valence-electron chi connectivity index (χ2n) is 5.41. The standard InChI is InChI=1S/C16H19NO/c1-4-12-6-8-14-11(3)13-7-5-10(2)9-15(13)17(14)16(12)18/h5,7,9,12H,4,6,8H2,1-3H3/t12-/m0/s1. The van der Waals surface area contributed by atoms with Crippen molar-refractivity contribution in [3.63, 3.8) is 0 Å². The first-order valence-electron chi connectivity index (χ1n) is 6.78. The van der Waals surface area contributed by atoms with Crippen LogP contribution in [0.5, 0.6) is 0 Å².